The number of aryl methyl sites for hydroxylation is 1. The molecule has 0 saturated carbocycles. The number of phenolic OH excluding ortho intramolecular Hbond substituents is 1. The van der Waals surface area contributed by atoms with Crippen LogP contribution in [-0.2, 0) is 34.2 Å². The molecule has 0 aliphatic rings. The van der Waals surface area contributed by atoms with Crippen LogP contribution < -0.4 is 14.7 Å². The van der Waals surface area contributed by atoms with E-state index in [-0.39, 0.29) is 17.5 Å². The number of aromatic hydroxyl groups is 1. The Hall–Kier alpha value is -4.51. The Morgan fingerprint density at radius 3 is 2.02 bits per heavy atom. The van der Waals surface area contributed by atoms with Gasteiger partial charge < -0.3 is 24.9 Å². The van der Waals surface area contributed by atoms with Gasteiger partial charge in [0.2, 0.25) is 0 Å². The van der Waals surface area contributed by atoms with Gasteiger partial charge in [-0.15, -0.1) is 11.8 Å². The molecule has 0 radical (unpaired) electrons. The number of aliphatic carboxylic acids is 1. The maximum absolute atomic E-state index is 11.7. The molecule has 0 unspecified atom stereocenters. The molecule has 0 heterocycles. The first kappa shape index (κ1) is 36.3. The second kappa shape index (κ2) is 17.6. The van der Waals surface area contributed by atoms with Crippen LogP contribution in [0.15, 0.2) is 115 Å². The lowest BCUT2D eigenvalue weighted by Gasteiger charge is -2.13. The Kier molecular flexibility index (Phi) is 13.3. The summed E-state index contributed by atoms with van der Waals surface area (Å²) >= 11 is 1.42. The third-order valence-corrected chi connectivity index (χ3v) is 9.12. The summed E-state index contributed by atoms with van der Waals surface area (Å²) in [6.45, 7) is 2.46. The van der Waals surface area contributed by atoms with E-state index in [2.05, 4.69) is 30.3 Å². The summed E-state index contributed by atoms with van der Waals surface area (Å²) in [6.07, 6.45) is 2.84. The van der Waals surface area contributed by atoms with Gasteiger partial charge in [-0.1, -0.05) is 78.9 Å². The highest BCUT2D eigenvalue weighted by atomic mass is 32.2. The molecule has 0 amide bonds. The van der Waals surface area contributed by atoms with Crippen LogP contribution in [0.1, 0.15) is 35.2 Å². The second-order valence-electron chi connectivity index (χ2n) is 11.3. The number of phenols is 1. The van der Waals surface area contributed by atoms with Crippen molar-refractivity contribution in [3.05, 3.63) is 138 Å². The van der Waals surface area contributed by atoms with Gasteiger partial charge in [-0.2, -0.15) is 8.42 Å². The van der Waals surface area contributed by atoms with E-state index in [1.54, 1.807) is 24.3 Å². The average Bonchev–Trinajstić information content (AvgIpc) is 3.06. The molecule has 0 bridgehead atoms. The Morgan fingerprint density at radius 2 is 1.38 bits per heavy atom. The zero-order valence-corrected chi connectivity index (χ0v) is 28.6. The fourth-order valence-electron chi connectivity index (χ4n) is 4.96. The van der Waals surface area contributed by atoms with Gasteiger partial charge in [0.15, 0.2) is 0 Å². The Balaban J connectivity index is 0.000000331. The minimum atomic E-state index is -3.56. The maximum Gasteiger partial charge on any atom is 0.316 e. The molecule has 0 spiro atoms. The van der Waals surface area contributed by atoms with Crippen LogP contribution in [0.3, 0.4) is 0 Å². The molecule has 5 aromatic rings. The smallest absolute Gasteiger partial charge is 0.316 e. The van der Waals surface area contributed by atoms with Crippen molar-refractivity contribution >= 4 is 38.6 Å². The van der Waals surface area contributed by atoms with Gasteiger partial charge in [-0.25, -0.2) is 0 Å². The first-order valence-corrected chi connectivity index (χ1v) is 18.4. The average molecular weight is 688 g/mol. The molecular weight excluding hydrogens is 647 g/mol. The first-order chi connectivity index (χ1) is 23.0. The summed E-state index contributed by atoms with van der Waals surface area (Å²) in [6, 6.07) is 35.9. The fourth-order valence-corrected chi connectivity index (χ4v) is 6.51. The van der Waals surface area contributed by atoms with Gasteiger partial charge in [0, 0.05) is 12.5 Å². The highest BCUT2D eigenvalue weighted by Gasteiger charge is 2.18. The van der Waals surface area contributed by atoms with Crippen LogP contribution in [0.25, 0.3) is 10.8 Å². The van der Waals surface area contributed by atoms with Crippen molar-refractivity contribution in [3.8, 4) is 17.2 Å². The van der Waals surface area contributed by atoms with E-state index in [0.717, 1.165) is 29.4 Å². The number of nitrogens with two attached hydrogens (primary N) is 1. The third kappa shape index (κ3) is 11.9. The van der Waals surface area contributed by atoms with Crippen molar-refractivity contribution in [2.75, 3.05) is 18.6 Å². The summed E-state index contributed by atoms with van der Waals surface area (Å²) in [7, 11) is -3.56. The zero-order chi connectivity index (χ0) is 34.5. The topological polar surface area (TPSA) is 136 Å². The molecule has 5 rings (SSSR count). The van der Waals surface area contributed by atoms with Crippen molar-refractivity contribution in [1.29, 1.82) is 0 Å². The highest BCUT2D eigenvalue weighted by Crippen LogP contribution is 2.23. The summed E-state index contributed by atoms with van der Waals surface area (Å²) in [5.41, 5.74) is 10.2. The minimum Gasteiger partial charge on any atom is -0.508 e. The Labute approximate surface area is 286 Å². The van der Waals surface area contributed by atoms with E-state index < -0.39 is 21.3 Å². The van der Waals surface area contributed by atoms with E-state index in [1.807, 2.05) is 55.5 Å². The van der Waals surface area contributed by atoms with Crippen LogP contribution in [0, 0.1) is 0 Å². The Bertz CT molecular complexity index is 1850. The molecule has 0 saturated heterocycles. The van der Waals surface area contributed by atoms with Crippen molar-refractivity contribution < 1.29 is 32.3 Å². The van der Waals surface area contributed by atoms with Gasteiger partial charge >= 0.3 is 16.1 Å². The number of carboxylic acid groups (broad SMARTS) is 1. The van der Waals surface area contributed by atoms with Crippen molar-refractivity contribution in [3.63, 3.8) is 0 Å². The number of thioether (sulfide) groups is 1. The van der Waals surface area contributed by atoms with Crippen LogP contribution in [0.4, 0.5) is 0 Å². The number of hydrogen-bond acceptors (Lipinski definition) is 8. The van der Waals surface area contributed by atoms with Crippen LogP contribution in [-0.4, -0.2) is 48.5 Å². The largest absolute Gasteiger partial charge is 0.508 e. The van der Waals surface area contributed by atoms with Gasteiger partial charge in [0.25, 0.3) is 0 Å². The number of benzene rings is 5. The number of carboxylic acids is 1. The van der Waals surface area contributed by atoms with Gasteiger partial charge in [0.1, 0.15) is 22.5 Å². The number of fused-ring (bicyclic) bond motifs is 1. The number of carbonyl (C=O) groups is 1. The number of rotatable bonds is 14. The lowest BCUT2D eigenvalue weighted by molar-refractivity contribution is -0.136. The van der Waals surface area contributed by atoms with Gasteiger partial charge in [0.05, 0.1) is 12.9 Å². The summed E-state index contributed by atoms with van der Waals surface area (Å²) < 4.78 is 32.8. The third-order valence-electron chi connectivity index (χ3n) is 7.41. The minimum absolute atomic E-state index is 0.103. The lowest BCUT2D eigenvalue weighted by atomic mass is 10.0. The van der Waals surface area contributed by atoms with E-state index in [0.29, 0.717) is 31.0 Å². The summed E-state index contributed by atoms with van der Waals surface area (Å²) in [4.78, 5) is 11.7. The van der Waals surface area contributed by atoms with Crippen molar-refractivity contribution in [2.45, 2.75) is 37.5 Å². The highest BCUT2D eigenvalue weighted by molar-refractivity contribution is 8.00. The lowest BCUT2D eigenvalue weighted by Crippen LogP contribution is -2.20. The summed E-state index contributed by atoms with van der Waals surface area (Å²) in [5.74, 6) is 0.907. The van der Waals surface area contributed by atoms with Crippen LogP contribution in [0.2, 0.25) is 0 Å². The molecule has 10 heteroatoms. The molecule has 48 heavy (non-hydrogen) atoms. The summed E-state index contributed by atoms with van der Waals surface area (Å²) in [5, 5.41) is 21.0. The first-order valence-electron chi connectivity index (χ1n) is 15.5. The fraction of sp³-hybridized carbons (Fsp3) is 0.237. The monoisotopic (exact) mass is 687 g/mol. The molecule has 252 valence electrons. The predicted octanol–water partition coefficient (Wildman–Crippen LogP) is 7.18. The van der Waals surface area contributed by atoms with E-state index in [4.69, 9.17) is 14.7 Å². The molecule has 0 fully saturated rings. The molecule has 8 nitrogen and oxygen atoms in total. The molecule has 2 atom stereocenters. The number of ether oxygens (including phenoxy) is 1. The molecule has 5 aromatic carbocycles. The molecule has 0 aromatic heterocycles. The predicted molar refractivity (Wildman–Crippen MR) is 194 cm³/mol. The van der Waals surface area contributed by atoms with E-state index >= 15 is 0 Å². The quantitative estimate of drug-likeness (QED) is 0.104. The second-order valence-corrected chi connectivity index (χ2v) is 14.2. The van der Waals surface area contributed by atoms with Crippen LogP contribution in [0.5, 0.6) is 17.2 Å². The Morgan fingerprint density at radius 1 is 0.792 bits per heavy atom. The maximum atomic E-state index is 11.7. The standard InChI is InChI=1S/C26H28O7S2.C12H13N/c1-35(30,31)33-24-12-10-23(11-13-24)32-16-14-19-2-4-21(5-3-19)18-25(26(28)29)34-17-15-20-6-8-22(27)9-7-20;1-9(13)11-8-4-6-10-5-2-3-7-12(10)11/h2-13,25,27H,14-18H2,1H3,(H,28,29);2-9H,13H2,1H3/t25-;9-/m01/s1. The van der Waals surface area contributed by atoms with Crippen molar-refractivity contribution in [1.82, 2.24) is 0 Å². The van der Waals surface area contributed by atoms with Gasteiger partial charge in [-0.3, -0.25) is 4.79 Å². The molecule has 0 aliphatic heterocycles. The van der Waals surface area contributed by atoms with Crippen LogP contribution >= 0.6 is 11.8 Å². The number of hydrogen-bond donors (Lipinski definition) is 3. The normalized spacial score (nSPS) is 12.4. The van der Waals surface area contributed by atoms with Crippen molar-refractivity contribution in [2.24, 2.45) is 5.73 Å². The van der Waals surface area contributed by atoms with E-state index in [1.165, 1.54) is 40.2 Å². The zero-order valence-electron chi connectivity index (χ0n) is 27.0. The SMILES string of the molecule is CS(=O)(=O)Oc1ccc(OCCc2ccc(C[C@H](SCCc3ccc(O)cc3)C(=O)O)cc2)cc1.C[C@@H](N)c1cccc2ccccc12. The van der Waals surface area contributed by atoms with Gasteiger partial charge in [-0.05, 0) is 94.9 Å². The molecule has 4 N–H and O–H groups in total. The molecular formula is C38H41NO7S2. The molecule has 0 aliphatic carbocycles. The van der Waals surface area contributed by atoms with E-state index in [9.17, 15) is 23.4 Å².